The fourth-order valence-corrected chi connectivity index (χ4v) is 3.00. The van der Waals surface area contributed by atoms with E-state index in [-0.39, 0.29) is 18.1 Å². The van der Waals surface area contributed by atoms with Crippen molar-refractivity contribution in [2.45, 2.75) is 25.8 Å². The van der Waals surface area contributed by atoms with Crippen LogP contribution in [0, 0.1) is 5.41 Å². The van der Waals surface area contributed by atoms with Crippen molar-refractivity contribution in [3.8, 4) is 0 Å². The van der Waals surface area contributed by atoms with Gasteiger partial charge in [-0.05, 0) is 44.5 Å². The summed E-state index contributed by atoms with van der Waals surface area (Å²) >= 11 is 5.93. The number of ether oxygens (including phenoxy) is 1. The van der Waals surface area contributed by atoms with Gasteiger partial charge < -0.3 is 9.84 Å². The van der Waals surface area contributed by atoms with Crippen LogP contribution in [0.25, 0.3) is 0 Å². The zero-order valence-electron chi connectivity index (χ0n) is 12.3. The molecule has 2 atom stereocenters. The predicted molar refractivity (Wildman–Crippen MR) is 82.1 cm³/mol. The highest BCUT2D eigenvalue weighted by molar-refractivity contribution is 6.30. The lowest BCUT2D eigenvalue weighted by atomic mass is 9.82. The maximum absolute atomic E-state index is 9.76. The van der Waals surface area contributed by atoms with E-state index in [1.807, 2.05) is 12.1 Å². The van der Waals surface area contributed by atoms with E-state index in [0.29, 0.717) is 6.61 Å². The van der Waals surface area contributed by atoms with Crippen molar-refractivity contribution in [2.24, 2.45) is 5.41 Å². The molecule has 1 aromatic carbocycles. The quantitative estimate of drug-likeness (QED) is 0.906. The lowest BCUT2D eigenvalue weighted by Gasteiger charge is -2.40. The van der Waals surface area contributed by atoms with Crippen molar-refractivity contribution in [2.75, 3.05) is 33.4 Å². The second kappa shape index (κ2) is 6.90. The molecule has 0 aromatic heterocycles. The molecule has 1 aliphatic heterocycles. The van der Waals surface area contributed by atoms with E-state index in [1.165, 1.54) is 5.56 Å². The summed E-state index contributed by atoms with van der Waals surface area (Å²) in [6.45, 7) is 4.68. The molecule has 3 nitrogen and oxygen atoms in total. The fraction of sp³-hybridized carbons (Fsp3) is 0.625. The number of benzene rings is 1. The Hall–Kier alpha value is -0.610. The molecule has 4 heteroatoms. The van der Waals surface area contributed by atoms with Crippen LogP contribution in [0.3, 0.4) is 0 Å². The van der Waals surface area contributed by atoms with Gasteiger partial charge in [-0.15, -0.1) is 0 Å². The summed E-state index contributed by atoms with van der Waals surface area (Å²) in [5.41, 5.74) is 1.12. The molecule has 1 heterocycles. The summed E-state index contributed by atoms with van der Waals surface area (Å²) in [7, 11) is 2.10. The Labute approximate surface area is 126 Å². The number of nitrogens with zero attached hydrogens (tertiary/aromatic N) is 1. The summed E-state index contributed by atoms with van der Waals surface area (Å²) in [4.78, 5) is 2.29. The van der Waals surface area contributed by atoms with Gasteiger partial charge in [-0.25, -0.2) is 0 Å². The van der Waals surface area contributed by atoms with E-state index in [2.05, 4.69) is 31.0 Å². The maximum atomic E-state index is 9.76. The largest absolute Gasteiger partial charge is 0.396 e. The first-order valence-corrected chi connectivity index (χ1v) is 7.58. The molecule has 1 aromatic rings. The summed E-state index contributed by atoms with van der Waals surface area (Å²) in [6, 6.07) is 8.26. The summed E-state index contributed by atoms with van der Waals surface area (Å²) in [5, 5.41) is 10.5. The number of aliphatic hydroxyl groups is 1. The van der Waals surface area contributed by atoms with Gasteiger partial charge >= 0.3 is 0 Å². The SMILES string of the molecule is CC(c1ccc(Cl)cc1)N(C)CC1(CO)CCCOC1. The molecule has 2 rings (SSSR count). The molecule has 20 heavy (non-hydrogen) atoms. The van der Waals surface area contributed by atoms with Crippen LogP contribution in [0.2, 0.25) is 5.02 Å². The van der Waals surface area contributed by atoms with Gasteiger partial charge in [0.1, 0.15) is 0 Å². The third-order valence-electron chi connectivity index (χ3n) is 4.34. The molecule has 1 aliphatic rings. The topological polar surface area (TPSA) is 32.7 Å². The highest BCUT2D eigenvalue weighted by Crippen LogP contribution is 2.31. The molecule has 0 radical (unpaired) electrons. The van der Waals surface area contributed by atoms with Crippen LogP contribution >= 0.6 is 11.6 Å². The Morgan fingerprint density at radius 3 is 2.65 bits per heavy atom. The Balaban J connectivity index is 2.02. The molecule has 0 spiro atoms. The Bertz CT molecular complexity index is 415. The molecule has 0 aliphatic carbocycles. The van der Waals surface area contributed by atoms with Crippen LogP contribution in [-0.4, -0.2) is 43.4 Å². The van der Waals surface area contributed by atoms with Gasteiger partial charge in [-0.1, -0.05) is 23.7 Å². The van der Waals surface area contributed by atoms with E-state index in [1.54, 1.807) is 0 Å². The molecular weight excluding hydrogens is 274 g/mol. The Morgan fingerprint density at radius 1 is 1.40 bits per heavy atom. The molecule has 1 N–H and O–H groups in total. The summed E-state index contributed by atoms with van der Waals surface area (Å²) in [5.74, 6) is 0. The molecular formula is C16H24ClNO2. The van der Waals surface area contributed by atoms with Crippen molar-refractivity contribution in [3.05, 3.63) is 34.9 Å². The summed E-state index contributed by atoms with van der Waals surface area (Å²) in [6.07, 6.45) is 2.06. The van der Waals surface area contributed by atoms with E-state index < -0.39 is 0 Å². The first-order valence-electron chi connectivity index (χ1n) is 7.21. The second-order valence-corrected chi connectivity index (χ2v) is 6.39. The number of halogens is 1. The monoisotopic (exact) mass is 297 g/mol. The first-order chi connectivity index (χ1) is 9.56. The average Bonchev–Trinajstić information content (AvgIpc) is 2.48. The minimum Gasteiger partial charge on any atom is -0.396 e. The maximum Gasteiger partial charge on any atom is 0.0556 e. The lowest BCUT2D eigenvalue weighted by molar-refractivity contribution is -0.0564. The predicted octanol–water partition coefficient (Wildman–Crippen LogP) is 3.12. The average molecular weight is 298 g/mol. The normalized spacial score (nSPS) is 24.9. The highest BCUT2D eigenvalue weighted by atomic mass is 35.5. The highest BCUT2D eigenvalue weighted by Gasteiger charge is 2.34. The van der Waals surface area contributed by atoms with Crippen LogP contribution in [0.15, 0.2) is 24.3 Å². The Kier molecular flexibility index (Phi) is 5.44. The van der Waals surface area contributed by atoms with Crippen LogP contribution in [0.1, 0.15) is 31.4 Å². The summed E-state index contributed by atoms with van der Waals surface area (Å²) < 4.78 is 5.57. The third-order valence-corrected chi connectivity index (χ3v) is 4.59. The molecule has 1 saturated heterocycles. The van der Waals surface area contributed by atoms with Gasteiger partial charge in [-0.2, -0.15) is 0 Å². The number of hydrogen-bond acceptors (Lipinski definition) is 3. The van der Waals surface area contributed by atoms with Crippen LogP contribution in [0.4, 0.5) is 0 Å². The van der Waals surface area contributed by atoms with E-state index in [9.17, 15) is 5.11 Å². The fourth-order valence-electron chi connectivity index (χ4n) is 2.87. The van der Waals surface area contributed by atoms with Crippen molar-refractivity contribution in [1.29, 1.82) is 0 Å². The van der Waals surface area contributed by atoms with Crippen molar-refractivity contribution in [1.82, 2.24) is 4.90 Å². The van der Waals surface area contributed by atoms with Crippen molar-refractivity contribution in [3.63, 3.8) is 0 Å². The first kappa shape index (κ1) is 15.8. The van der Waals surface area contributed by atoms with Crippen molar-refractivity contribution >= 4 is 11.6 Å². The molecule has 0 bridgehead atoms. The van der Waals surface area contributed by atoms with Gasteiger partial charge in [0.25, 0.3) is 0 Å². The van der Waals surface area contributed by atoms with Crippen LogP contribution < -0.4 is 0 Å². The van der Waals surface area contributed by atoms with E-state index >= 15 is 0 Å². The second-order valence-electron chi connectivity index (χ2n) is 5.96. The number of hydrogen-bond donors (Lipinski definition) is 1. The number of rotatable bonds is 5. The lowest BCUT2D eigenvalue weighted by Crippen LogP contribution is -2.45. The molecule has 1 fully saturated rings. The van der Waals surface area contributed by atoms with Crippen molar-refractivity contribution < 1.29 is 9.84 Å². The van der Waals surface area contributed by atoms with Gasteiger partial charge in [0.2, 0.25) is 0 Å². The third kappa shape index (κ3) is 3.73. The van der Waals surface area contributed by atoms with Gasteiger partial charge in [-0.3, -0.25) is 4.90 Å². The molecule has 112 valence electrons. The molecule has 0 amide bonds. The minimum atomic E-state index is -0.117. The standard InChI is InChI=1S/C16H24ClNO2/c1-13(14-4-6-15(17)7-5-14)18(2)10-16(11-19)8-3-9-20-12-16/h4-7,13,19H,3,8-12H2,1-2H3. The van der Waals surface area contributed by atoms with Crippen LogP contribution in [0.5, 0.6) is 0 Å². The zero-order chi connectivity index (χ0) is 14.6. The minimum absolute atomic E-state index is 0.117. The van der Waals surface area contributed by atoms with Gasteiger partial charge in [0.05, 0.1) is 13.2 Å². The van der Waals surface area contributed by atoms with Crippen LogP contribution in [-0.2, 0) is 4.74 Å². The smallest absolute Gasteiger partial charge is 0.0556 e. The molecule has 2 unspecified atom stereocenters. The van der Waals surface area contributed by atoms with E-state index in [4.69, 9.17) is 16.3 Å². The molecule has 0 saturated carbocycles. The Morgan fingerprint density at radius 2 is 2.10 bits per heavy atom. The van der Waals surface area contributed by atoms with Gasteiger partial charge in [0, 0.05) is 29.6 Å². The van der Waals surface area contributed by atoms with E-state index in [0.717, 1.165) is 31.0 Å². The zero-order valence-corrected chi connectivity index (χ0v) is 13.1. The number of aliphatic hydroxyl groups excluding tert-OH is 1. The van der Waals surface area contributed by atoms with Gasteiger partial charge in [0.15, 0.2) is 0 Å².